The molecule has 2 aliphatic heterocycles. The predicted octanol–water partition coefficient (Wildman–Crippen LogP) is 4.93. The monoisotopic (exact) mass is 904 g/mol. The van der Waals surface area contributed by atoms with Crippen LogP contribution in [0.4, 0.5) is 0 Å². The number of carbonyl (C=O) groups is 4. The summed E-state index contributed by atoms with van der Waals surface area (Å²) >= 11 is 0. The fraction of sp³-hybridized carbons (Fsp3) is 0.556. The van der Waals surface area contributed by atoms with E-state index in [9.17, 15) is 19.2 Å². The number of unbranched alkanes of at least 4 members (excludes halogenated alkanes) is 2. The van der Waals surface area contributed by atoms with Gasteiger partial charge in [-0.1, -0.05) is 57.9 Å². The standard InChI is InChI=1S/C45H68N8O5.Pd/c1-9-28(3)30(5)37-17-15-34(25-29(4)54)51-33(10-2)26-39-31(6)35(16-18-40(55)49-22-13-11-20-46)43(53-39)36(27-41(56)58-8)44-42(45(57)50-23-14-12-21-47)32(7)38(52-44)19-24-48-37;/h10,17,19,24-26,28,30-31,35H,9,11-16,18,20-23,27,46-47H2,1-8H3,(H4,48,49,50,51,52,53,54,55,57);/q;+2/p-2/b33-10+,37-17-,39-26-;/t28?,30-,31+,35?;/m1./s1. The molecule has 6 N–H and O–H groups in total. The van der Waals surface area contributed by atoms with Crippen LogP contribution in [-0.2, 0) is 39.5 Å². The van der Waals surface area contributed by atoms with Crippen molar-refractivity contribution in [3.63, 3.8) is 0 Å². The molecule has 2 aliphatic rings. The van der Waals surface area contributed by atoms with E-state index in [0.717, 1.165) is 31.4 Å². The second-order valence-electron chi connectivity index (χ2n) is 15.2. The van der Waals surface area contributed by atoms with Gasteiger partial charge in [0.2, 0.25) is 11.8 Å². The first-order valence-electron chi connectivity index (χ1n) is 20.8. The number of nitrogens with zero attached hydrogens (tertiary/aromatic N) is 4. The number of ether oxygens (including phenoxy) is 1. The van der Waals surface area contributed by atoms with Crippen LogP contribution in [0.25, 0.3) is 17.0 Å². The topological polar surface area (TPSA) is 207 Å². The minimum atomic E-state index is -0.524. The molecule has 3 heterocycles. The van der Waals surface area contributed by atoms with Crippen molar-refractivity contribution in [1.82, 2.24) is 15.6 Å². The average molecular weight is 905 g/mol. The number of fused-ring (bicyclic) bond motifs is 3. The van der Waals surface area contributed by atoms with Crippen molar-refractivity contribution in [3.8, 4) is 0 Å². The van der Waals surface area contributed by atoms with Crippen LogP contribution in [0, 0.1) is 30.6 Å². The molecule has 4 atom stereocenters. The van der Waals surface area contributed by atoms with Crippen molar-refractivity contribution >= 4 is 47.1 Å². The number of carbonyl (C=O) groups excluding carboxylic acids is 4. The van der Waals surface area contributed by atoms with Crippen LogP contribution >= 0.6 is 0 Å². The molecule has 1 aromatic rings. The third-order valence-electron chi connectivity index (χ3n) is 11.0. The largest absolute Gasteiger partial charge is 2.00 e. The molecule has 0 saturated carbocycles. The number of amides is 2. The summed E-state index contributed by atoms with van der Waals surface area (Å²) in [5.41, 5.74) is 16.0. The molecule has 3 rings (SSSR count). The normalized spacial score (nSPS) is 23.1. The zero-order valence-electron chi connectivity index (χ0n) is 36.3. The maximum Gasteiger partial charge on any atom is 2.00 e. The number of nitrogens with two attached hydrogens (primary N) is 2. The van der Waals surface area contributed by atoms with Crippen LogP contribution in [-0.4, -0.2) is 68.8 Å². The number of allylic oxidation sites excluding steroid dienone is 6. The number of nitrogens with one attached hydrogen (secondary N) is 2. The van der Waals surface area contributed by atoms with Gasteiger partial charge in [0.15, 0.2) is 5.78 Å². The fourth-order valence-corrected chi connectivity index (χ4v) is 7.05. The van der Waals surface area contributed by atoms with Crippen molar-refractivity contribution in [2.75, 3.05) is 33.3 Å². The average Bonchev–Trinajstić information content (AvgIpc) is 3.69. The molecule has 14 heteroatoms. The number of aliphatic imine (C=N–C) groups is 2. The molecule has 0 fully saturated rings. The van der Waals surface area contributed by atoms with Gasteiger partial charge in [-0.2, -0.15) is 5.70 Å². The molecule has 0 aliphatic carbocycles. The first-order chi connectivity index (χ1) is 27.8. The molecule has 0 spiro atoms. The van der Waals surface area contributed by atoms with E-state index in [1.54, 1.807) is 18.4 Å². The number of methoxy groups -OCH3 is 1. The molecule has 0 aromatic carbocycles. The second-order valence-corrected chi connectivity index (χ2v) is 15.2. The zero-order valence-corrected chi connectivity index (χ0v) is 37.8. The Bertz CT molecular complexity index is 1940. The van der Waals surface area contributed by atoms with Crippen LogP contribution in [0.3, 0.4) is 0 Å². The Kier molecular flexibility index (Phi) is 22.5. The molecule has 1 aromatic heterocycles. The van der Waals surface area contributed by atoms with Crippen molar-refractivity contribution in [2.24, 2.45) is 45.1 Å². The Hall–Kier alpha value is -4.22. The number of hydrogen-bond donors (Lipinski definition) is 4. The summed E-state index contributed by atoms with van der Waals surface area (Å²) in [6.45, 7) is 15.7. The number of ketones is 1. The molecule has 59 heavy (non-hydrogen) atoms. The summed E-state index contributed by atoms with van der Waals surface area (Å²) in [6.07, 6.45) is 15.6. The van der Waals surface area contributed by atoms with Gasteiger partial charge in [-0.25, -0.2) is 0 Å². The van der Waals surface area contributed by atoms with E-state index >= 15 is 0 Å². The van der Waals surface area contributed by atoms with Gasteiger partial charge in [0.1, 0.15) is 0 Å². The predicted molar refractivity (Wildman–Crippen MR) is 233 cm³/mol. The molecular weight excluding hydrogens is 839 g/mol. The van der Waals surface area contributed by atoms with Gasteiger partial charge in [0, 0.05) is 66.1 Å². The van der Waals surface area contributed by atoms with Gasteiger partial charge in [0.25, 0.3) is 0 Å². The van der Waals surface area contributed by atoms with Crippen LogP contribution < -0.4 is 37.8 Å². The summed E-state index contributed by atoms with van der Waals surface area (Å²) < 4.78 is 5.21. The SMILES string of the molecule is C/C=C1\C=C2N=C(/C(CC(=O)OC)=c3\[n-]\c(c(C)c3C(=O)NCCCCN)=C/C=N\C([C@H](C)C(C)CC)=C/C/C(=C\C(C)=O)[N-]1)C(CCC(=O)NCCCCN)[C@@H]/2C.[Pd+2]. The third-order valence-corrected chi connectivity index (χ3v) is 11.0. The molecular formula is C45H66N8O5Pd. The quantitative estimate of drug-likeness (QED) is 0.0687. The summed E-state index contributed by atoms with van der Waals surface area (Å²) in [5, 5.41) is 11.8. The van der Waals surface area contributed by atoms with E-state index in [-0.39, 0.29) is 68.6 Å². The Labute approximate surface area is 364 Å². The first kappa shape index (κ1) is 50.9. The van der Waals surface area contributed by atoms with Gasteiger partial charge in [-0.15, -0.1) is 22.5 Å². The van der Waals surface area contributed by atoms with E-state index in [0.29, 0.717) is 102 Å². The number of rotatable bonds is 18. The van der Waals surface area contributed by atoms with Crippen LogP contribution in [0.2, 0.25) is 0 Å². The van der Waals surface area contributed by atoms with E-state index in [2.05, 4.69) is 31.4 Å². The summed E-state index contributed by atoms with van der Waals surface area (Å²) in [7, 11) is 1.32. The Morgan fingerprint density at radius 2 is 1.75 bits per heavy atom. The van der Waals surface area contributed by atoms with Crippen LogP contribution in [0.5, 0.6) is 0 Å². The minimum absolute atomic E-state index is 0. The number of hydrogen-bond acceptors (Lipinski definition) is 9. The minimum Gasteiger partial charge on any atom is -0.661 e. The van der Waals surface area contributed by atoms with Gasteiger partial charge < -0.3 is 37.1 Å². The van der Waals surface area contributed by atoms with Crippen molar-refractivity contribution in [3.05, 3.63) is 74.2 Å². The van der Waals surface area contributed by atoms with E-state index in [1.807, 2.05) is 39.0 Å². The molecule has 0 radical (unpaired) electrons. The Morgan fingerprint density at radius 3 is 2.36 bits per heavy atom. The van der Waals surface area contributed by atoms with Gasteiger partial charge in [-0.3, -0.25) is 29.2 Å². The van der Waals surface area contributed by atoms with Crippen molar-refractivity contribution < 1.29 is 44.3 Å². The van der Waals surface area contributed by atoms with Crippen molar-refractivity contribution in [2.45, 2.75) is 106 Å². The fourth-order valence-electron chi connectivity index (χ4n) is 7.05. The second kappa shape index (κ2) is 26.1. The summed E-state index contributed by atoms with van der Waals surface area (Å²) in [5.74, 6) is -1.21. The maximum absolute atomic E-state index is 14.1. The molecule has 326 valence electrons. The smallest absolute Gasteiger partial charge is 0.661 e. The Morgan fingerprint density at radius 1 is 1.07 bits per heavy atom. The van der Waals surface area contributed by atoms with E-state index in [4.69, 9.17) is 36.5 Å². The zero-order chi connectivity index (χ0) is 42.8. The third kappa shape index (κ3) is 15.1. The van der Waals surface area contributed by atoms with Gasteiger partial charge >= 0.3 is 26.4 Å². The Balaban J connectivity index is 0.0000120. The summed E-state index contributed by atoms with van der Waals surface area (Å²) in [4.78, 5) is 68.2. The number of esters is 1. The molecule has 4 bridgehead atoms. The summed E-state index contributed by atoms with van der Waals surface area (Å²) in [6, 6.07) is 0. The molecule has 0 saturated heterocycles. The first-order valence-corrected chi connectivity index (χ1v) is 20.8. The van der Waals surface area contributed by atoms with E-state index in [1.165, 1.54) is 14.0 Å². The van der Waals surface area contributed by atoms with Gasteiger partial charge in [0.05, 0.1) is 13.5 Å². The van der Waals surface area contributed by atoms with E-state index < -0.39 is 5.97 Å². The molecule has 13 nitrogen and oxygen atoms in total. The van der Waals surface area contributed by atoms with Crippen LogP contribution in [0.15, 0.2) is 57.1 Å². The maximum atomic E-state index is 14.1. The number of aromatic nitrogens is 1. The van der Waals surface area contributed by atoms with Crippen molar-refractivity contribution in [1.29, 1.82) is 0 Å². The van der Waals surface area contributed by atoms with Gasteiger partial charge in [-0.05, 0) is 90.0 Å². The molecule has 2 unspecified atom stereocenters. The molecule has 2 amide bonds. The van der Waals surface area contributed by atoms with Crippen LogP contribution in [0.1, 0.15) is 115 Å².